The number of rotatable bonds is 5. The Balaban J connectivity index is 2.37. The van der Waals surface area contributed by atoms with Gasteiger partial charge in [0.2, 0.25) is 0 Å². The SMILES string of the molecule is C=Nc1cc(N=C)cc(N=C(C)c2ccc(C(=C)C)cc2)c1. The van der Waals surface area contributed by atoms with Crippen LogP contribution in [-0.4, -0.2) is 19.1 Å². The molecule has 0 amide bonds. The van der Waals surface area contributed by atoms with Crippen LogP contribution in [0.25, 0.3) is 5.57 Å². The van der Waals surface area contributed by atoms with E-state index in [1.807, 2.05) is 44.2 Å². The Morgan fingerprint density at radius 3 is 1.68 bits per heavy atom. The maximum Gasteiger partial charge on any atom is 0.0676 e. The zero-order valence-corrected chi connectivity index (χ0v) is 13.0. The van der Waals surface area contributed by atoms with Crippen molar-refractivity contribution < 1.29 is 0 Å². The smallest absolute Gasteiger partial charge is 0.0676 e. The van der Waals surface area contributed by atoms with Crippen LogP contribution in [0.2, 0.25) is 0 Å². The van der Waals surface area contributed by atoms with Crippen LogP contribution in [0.15, 0.2) is 64.0 Å². The summed E-state index contributed by atoms with van der Waals surface area (Å²) in [6.45, 7) is 15.0. The maximum absolute atomic E-state index is 4.64. The van der Waals surface area contributed by atoms with Crippen LogP contribution in [0.3, 0.4) is 0 Å². The number of aliphatic imine (C=N–C) groups is 3. The maximum atomic E-state index is 4.64. The van der Waals surface area contributed by atoms with Crippen molar-refractivity contribution in [3.05, 3.63) is 60.2 Å². The Kier molecular flexibility index (Phi) is 4.79. The molecular formula is C19H19N3. The fourth-order valence-corrected chi connectivity index (χ4v) is 2.08. The molecule has 0 aromatic heterocycles. The predicted molar refractivity (Wildman–Crippen MR) is 97.9 cm³/mol. The molecule has 3 nitrogen and oxygen atoms in total. The second kappa shape index (κ2) is 6.76. The second-order valence-electron chi connectivity index (χ2n) is 5.08. The summed E-state index contributed by atoms with van der Waals surface area (Å²) >= 11 is 0. The van der Waals surface area contributed by atoms with Crippen molar-refractivity contribution >= 4 is 41.8 Å². The van der Waals surface area contributed by atoms with Crippen LogP contribution in [0.4, 0.5) is 17.1 Å². The molecule has 2 aromatic rings. The van der Waals surface area contributed by atoms with Gasteiger partial charge in [0.25, 0.3) is 0 Å². The van der Waals surface area contributed by atoms with Crippen molar-refractivity contribution in [2.45, 2.75) is 13.8 Å². The highest BCUT2D eigenvalue weighted by molar-refractivity contribution is 6.00. The lowest BCUT2D eigenvalue weighted by molar-refractivity contribution is 1.43. The molecule has 0 saturated carbocycles. The number of benzene rings is 2. The Labute approximate surface area is 131 Å². The minimum atomic E-state index is 0.731. The van der Waals surface area contributed by atoms with Gasteiger partial charge in [-0.1, -0.05) is 36.4 Å². The summed E-state index contributed by atoms with van der Waals surface area (Å²) in [6.07, 6.45) is 0. The fraction of sp³-hybridized carbons (Fsp3) is 0.105. The third-order valence-electron chi connectivity index (χ3n) is 3.34. The van der Waals surface area contributed by atoms with Gasteiger partial charge in [-0.15, -0.1) is 0 Å². The van der Waals surface area contributed by atoms with E-state index >= 15 is 0 Å². The van der Waals surface area contributed by atoms with Crippen molar-refractivity contribution in [1.82, 2.24) is 0 Å². The second-order valence-corrected chi connectivity index (χ2v) is 5.08. The zero-order chi connectivity index (χ0) is 16.1. The summed E-state index contributed by atoms with van der Waals surface area (Å²) < 4.78 is 0. The summed E-state index contributed by atoms with van der Waals surface area (Å²) in [5, 5.41) is 0. The van der Waals surface area contributed by atoms with E-state index in [1.54, 1.807) is 0 Å². The van der Waals surface area contributed by atoms with Crippen LogP contribution in [0, 0.1) is 0 Å². The molecular weight excluding hydrogens is 270 g/mol. The average molecular weight is 289 g/mol. The lowest BCUT2D eigenvalue weighted by Gasteiger charge is -2.05. The molecule has 0 fully saturated rings. The first-order valence-corrected chi connectivity index (χ1v) is 6.93. The first-order chi connectivity index (χ1) is 10.5. The van der Waals surface area contributed by atoms with E-state index in [0.29, 0.717) is 0 Å². The van der Waals surface area contributed by atoms with Crippen LogP contribution >= 0.6 is 0 Å². The van der Waals surface area contributed by atoms with E-state index in [1.165, 1.54) is 0 Å². The molecule has 110 valence electrons. The summed E-state index contributed by atoms with van der Waals surface area (Å²) in [6, 6.07) is 13.7. The molecule has 0 radical (unpaired) electrons. The Morgan fingerprint density at radius 2 is 1.23 bits per heavy atom. The third kappa shape index (κ3) is 3.64. The van der Waals surface area contributed by atoms with Crippen molar-refractivity contribution in [3.8, 4) is 0 Å². The van der Waals surface area contributed by atoms with Crippen molar-refractivity contribution in [1.29, 1.82) is 0 Å². The van der Waals surface area contributed by atoms with Gasteiger partial charge in [-0.3, -0.25) is 15.0 Å². The summed E-state index contributed by atoms with van der Waals surface area (Å²) in [4.78, 5) is 12.5. The van der Waals surface area contributed by atoms with Gasteiger partial charge in [0, 0.05) is 5.71 Å². The standard InChI is InChI=1S/C19H19N3/c1-13(2)15-6-8-16(9-7-15)14(3)22-19-11-17(20-4)10-18(12-19)21-5/h6-12H,1,4-5H2,2-3H3. The first kappa shape index (κ1) is 15.6. The molecule has 2 aromatic carbocycles. The molecule has 0 saturated heterocycles. The molecule has 0 bridgehead atoms. The molecule has 22 heavy (non-hydrogen) atoms. The van der Waals surface area contributed by atoms with Crippen LogP contribution < -0.4 is 0 Å². The molecule has 0 atom stereocenters. The van der Waals surface area contributed by atoms with Gasteiger partial charge in [-0.05, 0) is 56.6 Å². The van der Waals surface area contributed by atoms with Gasteiger partial charge >= 0.3 is 0 Å². The highest BCUT2D eigenvalue weighted by Gasteiger charge is 2.02. The molecule has 0 aliphatic carbocycles. The van der Waals surface area contributed by atoms with E-state index in [4.69, 9.17) is 0 Å². The quantitative estimate of drug-likeness (QED) is 0.649. The molecule has 0 spiro atoms. The van der Waals surface area contributed by atoms with E-state index in [9.17, 15) is 0 Å². The van der Waals surface area contributed by atoms with Gasteiger partial charge in [-0.2, -0.15) is 0 Å². The van der Waals surface area contributed by atoms with Gasteiger partial charge in [-0.25, -0.2) is 0 Å². The lowest BCUT2D eigenvalue weighted by Crippen LogP contribution is -1.94. The van der Waals surface area contributed by atoms with Crippen molar-refractivity contribution in [2.75, 3.05) is 0 Å². The van der Waals surface area contributed by atoms with Crippen molar-refractivity contribution in [3.63, 3.8) is 0 Å². The normalized spacial score (nSPS) is 11.1. The highest BCUT2D eigenvalue weighted by atomic mass is 14.8. The molecule has 0 aliphatic rings. The first-order valence-electron chi connectivity index (χ1n) is 6.93. The third-order valence-corrected chi connectivity index (χ3v) is 3.34. The monoisotopic (exact) mass is 289 g/mol. The van der Waals surface area contributed by atoms with E-state index in [-0.39, 0.29) is 0 Å². The van der Waals surface area contributed by atoms with Crippen LogP contribution in [-0.2, 0) is 0 Å². The number of allylic oxidation sites excluding steroid dienone is 1. The minimum absolute atomic E-state index is 0.731. The van der Waals surface area contributed by atoms with Gasteiger partial charge in [0.1, 0.15) is 0 Å². The summed E-state index contributed by atoms with van der Waals surface area (Å²) in [5.74, 6) is 0. The lowest BCUT2D eigenvalue weighted by atomic mass is 10.0. The number of nitrogens with zero attached hydrogens (tertiary/aromatic N) is 3. The average Bonchev–Trinajstić information content (AvgIpc) is 2.54. The van der Waals surface area contributed by atoms with E-state index in [0.717, 1.165) is 39.5 Å². The Hall–Kier alpha value is -2.81. The van der Waals surface area contributed by atoms with Gasteiger partial charge < -0.3 is 0 Å². The van der Waals surface area contributed by atoms with Gasteiger partial charge in [0.05, 0.1) is 17.1 Å². The largest absolute Gasteiger partial charge is 0.265 e. The van der Waals surface area contributed by atoms with Crippen LogP contribution in [0.5, 0.6) is 0 Å². The topological polar surface area (TPSA) is 37.1 Å². The molecule has 3 heteroatoms. The van der Waals surface area contributed by atoms with E-state index in [2.05, 4.69) is 47.1 Å². The van der Waals surface area contributed by atoms with E-state index < -0.39 is 0 Å². The molecule has 0 unspecified atom stereocenters. The minimum Gasteiger partial charge on any atom is -0.265 e. The zero-order valence-electron chi connectivity index (χ0n) is 13.0. The number of hydrogen-bond donors (Lipinski definition) is 0. The molecule has 2 rings (SSSR count). The number of hydrogen-bond acceptors (Lipinski definition) is 3. The fourth-order valence-electron chi connectivity index (χ4n) is 2.08. The Morgan fingerprint density at radius 1 is 0.773 bits per heavy atom. The summed E-state index contributed by atoms with van der Waals surface area (Å²) in [7, 11) is 0. The predicted octanol–water partition coefficient (Wildman–Crippen LogP) is 5.52. The van der Waals surface area contributed by atoms with Crippen LogP contribution in [0.1, 0.15) is 25.0 Å². The highest BCUT2D eigenvalue weighted by Crippen LogP contribution is 2.28. The molecule has 0 N–H and O–H groups in total. The van der Waals surface area contributed by atoms with Crippen molar-refractivity contribution in [2.24, 2.45) is 15.0 Å². The molecule has 0 aliphatic heterocycles. The Bertz CT molecular complexity index is 726. The van der Waals surface area contributed by atoms with Gasteiger partial charge in [0.15, 0.2) is 0 Å². The summed E-state index contributed by atoms with van der Waals surface area (Å²) in [5.41, 5.74) is 6.41. The molecule has 0 heterocycles.